The number of para-hydroxylation sites is 2. The third-order valence-electron chi connectivity index (χ3n) is 3.40. The van der Waals surface area contributed by atoms with Gasteiger partial charge in [-0.15, -0.1) is 0 Å². The highest BCUT2D eigenvalue weighted by Crippen LogP contribution is 2.23. The molecule has 0 saturated carbocycles. The Morgan fingerprint density at radius 2 is 2.14 bits per heavy atom. The molecule has 1 unspecified atom stereocenters. The normalized spacial score (nSPS) is 12.5. The molecule has 2 aromatic rings. The molecule has 0 aliphatic rings. The van der Waals surface area contributed by atoms with Gasteiger partial charge in [-0.3, -0.25) is 4.79 Å². The molecular weight excluding hydrogens is 282 g/mol. The van der Waals surface area contributed by atoms with Gasteiger partial charge in [0.05, 0.1) is 16.8 Å². The van der Waals surface area contributed by atoms with Gasteiger partial charge in [0.15, 0.2) is 5.16 Å². The molecule has 0 radical (unpaired) electrons. The van der Waals surface area contributed by atoms with Crippen molar-refractivity contribution in [1.82, 2.24) is 14.9 Å². The molecule has 0 saturated heterocycles. The largest absolute Gasteiger partial charge is 0.353 e. The number of hydrogen-bond donors (Lipinski definition) is 1. The van der Waals surface area contributed by atoms with Gasteiger partial charge in [0.1, 0.15) is 0 Å². The van der Waals surface area contributed by atoms with Gasteiger partial charge in [0, 0.05) is 12.6 Å². The fourth-order valence-corrected chi connectivity index (χ4v) is 3.31. The van der Waals surface area contributed by atoms with E-state index in [-0.39, 0.29) is 11.9 Å². The third-order valence-corrected chi connectivity index (χ3v) is 4.37. The average Bonchev–Trinajstić information content (AvgIpc) is 2.82. The first-order chi connectivity index (χ1) is 10.2. The first-order valence-corrected chi connectivity index (χ1v) is 8.51. The number of benzene rings is 1. The predicted octanol–water partition coefficient (Wildman–Crippen LogP) is 3.45. The van der Waals surface area contributed by atoms with Gasteiger partial charge in [0.25, 0.3) is 0 Å². The lowest BCUT2D eigenvalue weighted by Gasteiger charge is -2.12. The molecule has 0 aliphatic heterocycles. The summed E-state index contributed by atoms with van der Waals surface area (Å²) in [5, 5.41) is 3.94. The van der Waals surface area contributed by atoms with E-state index in [1.54, 1.807) is 0 Å². The van der Waals surface area contributed by atoms with Crippen molar-refractivity contribution in [3.05, 3.63) is 24.3 Å². The van der Waals surface area contributed by atoms with E-state index in [2.05, 4.69) is 34.8 Å². The molecule has 114 valence electrons. The summed E-state index contributed by atoms with van der Waals surface area (Å²) in [6.45, 7) is 7.13. The maximum atomic E-state index is 11.9. The zero-order valence-electron chi connectivity index (χ0n) is 12.9. The standard InChI is InChI=1S/C16H23N3OS/c1-4-8-12(3)17-15(20)11-21-16-18-13-9-6-7-10-14(13)19(16)5-2/h6-7,9-10,12H,4-5,8,11H2,1-3H3,(H,17,20). The first-order valence-electron chi connectivity index (χ1n) is 7.53. The molecular formula is C16H23N3OS. The van der Waals surface area contributed by atoms with E-state index in [1.165, 1.54) is 11.8 Å². The van der Waals surface area contributed by atoms with E-state index in [4.69, 9.17) is 0 Å². The van der Waals surface area contributed by atoms with Gasteiger partial charge in [-0.2, -0.15) is 0 Å². The molecule has 0 aliphatic carbocycles. The zero-order chi connectivity index (χ0) is 15.2. The van der Waals surface area contributed by atoms with E-state index in [9.17, 15) is 4.79 Å². The second-order valence-corrected chi connectivity index (χ2v) is 6.12. The molecule has 21 heavy (non-hydrogen) atoms. The number of carbonyl (C=O) groups is 1. The van der Waals surface area contributed by atoms with Crippen molar-refractivity contribution in [2.24, 2.45) is 0 Å². The quantitative estimate of drug-likeness (QED) is 0.797. The van der Waals surface area contributed by atoms with Crippen LogP contribution in [0.4, 0.5) is 0 Å². The fourth-order valence-electron chi connectivity index (χ4n) is 2.42. The van der Waals surface area contributed by atoms with Crippen molar-refractivity contribution in [3.8, 4) is 0 Å². The molecule has 1 atom stereocenters. The number of rotatable bonds is 7. The molecule has 4 nitrogen and oxygen atoms in total. The Balaban J connectivity index is 2.01. The predicted molar refractivity (Wildman–Crippen MR) is 88.6 cm³/mol. The molecule has 1 heterocycles. The second kappa shape index (κ2) is 7.50. The molecule has 1 N–H and O–H groups in total. The van der Waals surface area contributed by atoms with Gasteiger partial charge in [0.2, 0.25) is 5.91 Å². The number of nitrogens with one attached hydrogen (secondary N) is 1. The van der Waals surface area contributed by atoms with Crippen molar-refractivity contribution in [3.63, 3.8) is 0 Å². The van der Waals surface area contributed by atoms with Gasteiger partial charge < -0.3 is 9.88 Å². The smallest absolute Gasteiger partial charge is 0.230 e. The minimum atomic E-state index is 0.0793. The molecule has 0 fully saturated rings. The minimum absolute atomic E-state index is 0.0793. The summed E-state index contributed by atoms with van der Waals surface area (Å²) in [4.78, 5) is 16.6. The van der Waals surface area contributed by atoms with Gasteiger partial charge in [-0.05, 0) is 32.4 Å². The second-order valence-electron chi connectivity index (χ2n) is 5.17. The number of aromatic nitrogens is 2. The molecule has 0 spiro atoms. The number of carbonyl (C=O) groups excluding carboxylic acids is 1. The summed E-state index contributed by atoms with van der Waals surface area (Å²) in [6.07, 6.45) is 2.10. The van der Waals surface area contributed by atoms with Crippen LogP contribution in [0.2, 0.25) is 0 Å². The number of nitrogens with zero attached hydrogens (tertiary/aromatic N) is 2. The Bertz CT molecular complexity index is 609. The maximum absolute atomic E-state index is 11.9. The number of fused-ring (bicyclic) bond motifs is 1. The van der Waals surface area contributed by atoms with Crippen LogP contribution in [0.1, 0.15) is 33.6 Å². The van der Waals surface area contributed by atoms with Crippen LogP contribution in [-0.4, -0.2) is 27.3 Å². The minimum Gasteiger partial charge on any atom is -0.353 e. The van der Waals surface area contributed by atoms with Crippen LogP contribution in [-0.2, 0) is 11.3 Å². The van der Waals surface area contributed by atoms with Crippen molar-refractivity contribution in [1.29, 1.82) is 0 Å². The highest BCUT2D eigenvalue weighted by atomic mass is 32.2. The number of amides is 1. The number of aryl methyl sites for hydroxylation is 1. The molecule has 2 rings (SSSR count). The van der Waals surface area contributed by atoms with Gasteiger partial charge >= 0.3 is 0 Å². The lowest BCUT2D eigenvalue weighted by molar-refractivity contribution is -0.119. The Morgan fingerprint density at radius 1 is 1.38 bits per heavy atom. The van der Waals surface area contributed by atoms with Crippen molar-refractivity contribution in [2.45, 2.75) is 51.4 Å². The van der Waals surface area contributed by atoms with Crippen molar-refractivity contribution >= 4 is 28.7 Å². The highest BCUT2D eigenvalue weighted by molar-refractivity contribution is 7.99. The number of imidazole rings is 1. The van der Waals surface area contributed by atoms with Gasteiger partial charge in [-0.1, -0.05) is 37.2 Å². The number of thioether (sulfide) groups is 1. The summed E-state index contributed by atoms with van der Waals surface area (Å²) in [6, 6.07) is 8.33. The highest BCUT2D eigenvalue weighted by Gasteiger charge is 2.12. The first kappa shape index (κ1) is 15.9. The van der Waals surface area contributed by atoms with Crippen LogP contribution >= 0.6 is 11.8 Å². The van der Waals surface area contributed by atoms with Crippen LogP contribution in [0.5, 0.6) is 0 Å². The number of hydrogen-bond acceptors (Lipinski definition) is 3. The summed E-state index contributed by atoms with van der Waals surface area (Å²) >= 11 is 1.51. The third kappa shape index (κ3) is 4.00. The van der Waals surface area contributed by atoms with E-state index < -0.39 is 0 Å². The Hall–Kier alpha value is -1.49. The van der Waals surface area contributed by atoms with E-state index >= 15 is 0 Å². The summed E-state index contributed by atoms with van der Waals surface area (Å²) in [5.41, 5.74) is 2.11. The van der Waals surface area contributed by atoms with E-state index in [0.717, 1.165) is 35.6 Å². The Kier molecular flexibility index (Phi) is 5.67. The van der Waals surface area contributed by atoms with Crippen LogP contribution < -0.4 is 5.32 Å². The average molecular weight is 305 g/mol. The van der Waals surface area contributed by atoms with Crippen molar-refractivity contribution in [2.75, 3.05) is 5.75 Å². The van der Waals surface area contributed by atoms with Crippen LogP contribution in [0.15, 0.2) is 29.4 Å². The summed E-state index contributed by atoms with van der Waals surface area (Å²) in [5.74, 6) is 0.493. The molecule has 1 amide bonds. The topological polar surface area (TPSA) is 46.9 Å². The molecule has 5 heteroatoms. The monoisotopic (exact) mass is 305 g/mol. The molecule has 0 bridgehead atoms. The van der Waals surface area contributed by atoms with E-state index in [1.807, 2.05) is 25.1 Å². The Labute approximate surface area is 130 Å². The van der Waals surface area contributed by atoms with Crippen LogP contribution in [0, 0.1) is 0 Å². The lowest BCUT2D eigenvalue weighted by Crippen LogP contribution is -2.33. The van der Waals surface area contributed by atoms with Gasteiger partial charge in [-0.25, -0.2) is 4.98 Å². The fraction of sp³-hybridized carbons (Fsp3) is 0.500. The maximum Gasteiger partial charge on any atom is 0.230 e. The lowest BCUT2D eigenvalue weighted by atomic mass is 10.2. The molecule has 1 aromatic heterocycles. The zero-order valence-corrected chi connectivity index (χ0v) is 13.7. The van der Waals surface area contributed by atoms with E-state index in [0.29, 0.717) is 5.75 Å². The summed E-state index contributed by atoms with van der Waals surface area (Å²) < 4.78 is 2.16. The summed E-state index contributed by atoms with van der Waals surface area (Å²) in [7, 11) is 0. The molecule has 1 aromatic carbocycles. The Morgan fingerprint density at radius 3 is 2.86 bits per heavy atom. The van der Waals surface area contributed by atoms with Crippen LogP contribution in [0.25, 0.3) is 11.0 Å². The SMILES string of the molecule is CCCC(C)NC(=O)CSc1nc2ccccc2n1CC. The van der Waals surface area contributed by atoms with Crippen LogP contribution in [0.3, 0.4) is 0 Å². The van der Waals surface area contributed by atoms with Crippen molar-refractivity contribution < 1.29 is 4.79 Å².